The Bertz CT molecular complexity index is 758. The molecule has 2 aliphatic heterocycles. The minimum absolute atomic E-state index is 0.0187. The molecule has 0 amide bonds. The third-order valence-corrected chi connectivity index (χ3v) is 6.26. The fourth-order valence-electron chi connectivity index (χ4n) is 5.30. The number of rotatable bonds is 1. The molecule has 2 aliphatic carbocycles. The first-order valence-corrected chi connectivity index (χ1v) is 8.08. The van der Waals surface area contributed by atoms with Crippen molar-refractivity contribution in [2.75, 3.05) is 20.7 Å². The number of likely N-dealkylation sites (tertiary alicyclic amines) is 1. The normalized spacial score (nSPS) is 39.9. The number of piperidine rings is 1. The van der Waals surface area contributed by atoms with E-state index in [1.165, 1.54) is 0 Å². The van der Waals surface area contributed by atoms with Gasteiger partial charge in [0.15, 0.2) is 23.4 Å². The van der Waals surface area contributed by atoms with E-state index >= 15 is 0 Å². The Kier molecular flexibility index (Phi) is 2.46. The third-order valence-electron chi connectivity index (χ3n) is 6.26. The Morgan fingerprint density at radius 2 is 2.26 bits per heavy atom. The maximum atomic E-state index is 12.6. The van der Waals surface area contributed by atoms with E-state index in [1.807, 2.05) is 25.3 Å². The molecule has 4 aliphatic rings. The van der Waals surface area contributed by atoms with E-state index in [2.05, 4.69) is 4.90 Å². The topological polar surface area (TPSA) is 59.0 Å². The SMILES string of the molecule is COc1ccc2c3c1O[C@H]1C(=O)C=C[C@H]4[C@@H](C2O)N(C)CC[C@]314. The molecule has 5 atom stereocenters. The van der Waals surface area contributed by atoms with Gasteiger partial charge >= 0.3 is 0 Å². The number of nitrogens with zero attached hydrogens (tertiary/aromatic N) is 1. The van der Waals surface area contributed by atoms with E-state index in [-0.39, 0.29) is 23.2 Å². The van der Waals surface area contributed by atoms with Crippen molar-refractivity contribution in [1.82, 2.24) is 4.90 Å². The van der Waals surface area contributed by atoms with Crippen molar-refractivity contribution in [3.63, 3.8) is 0 Å². The van der Waals surface area contributed by atoms with Crippen molar-refractivity contribution < 1.29 is 19.4 Å². The number of carbonyl (C=O) groups is 1. The van der Waals surface area contributed by atoms with E-state index in [1.54, 1.807) is 13.2 Å². The molecule has 120 valence electrons. The maximum Gasteiger partial charge on any atom is 0.196 e. The van der Waals surface area contributed by atoms with E-state index in [0.717, 1.165) is 24.1 Å². The summed E-state index contributed by atoms with van der Waals surface area (Å²) in [6.45, 7) is 0.843. The van der Waals surface area contributed by atoms with Crippen LogP contribution < -0.4 is 9.47 Å². The molecule has 1 N–H and O–H groups in total. The average Bonchev–Trinajstić information content (AvgIpc) is 2.90. The van der Waals surface area contributed by atoms with Gasteiger partial charge in [-0.05, 0) is 37.7 Å². The second kappa shape index (κ2) is 4.16. The van der Waals surface area contributed by atoms with Crippen molar-refractivity contribution in [3.05, 3.63) is 35.4 Å². The molecule has 0 saturated carbocycles. The number of benzene rings is 1. The largest absolute Gasteiger partial charge is 0.493 e. The molecule has 0 aromatic heterocycles. The number of carbonyl (C=O) groups excluding carboxylic acids is 1. The zero-order valence-electron chi connectivity index (χ0n) is 13.2. The molecule has 2 heterocycles. The predicted octanol–water partition coefficient (Wildman–Crippen LogP) is 1.20. The van der Waals surface area contributed by atoms with Crippen molar-refractivity contribution in [1.29, 1.82) is 0 Å². The van der Waals surface area contributed by atoms with Gasteiger partial charge in [-0.3, -0.25) is 9.69 Å². The molecule has 1 aromatic carbocycles. The lowest BCUT2D eigenvalue weighted by molar-refractivity contribution is -0.130. The van der Waals surface area contributed by atoms with Gasteiger partial charge < -0.3 is 14.6 Å². The van der Waals surface area contributed by atoms with Crippen LogP contribution in [0.25, 0.3) is 0 Å². The number of ketones is 1. The standard InChI is InChI=1S/C18H19NO4/c1-19-8-7-18-10-4-5-11(20)17(18)23-16-12(22-2)6-3-9(13(16)18)15(21)14(10)19/h3-6,10,14-15,17,21H,7-8H2,1-2H3/t10-,14-,15?,17-,18-/m0/s1. The van der Waals surface area contributed by atoms with Crippen LogP contribution in [0.2, 0.25) is 0 Å². The molecule has 1 aromatic rings. The number of likely N-dealkylation sites (N-methyl/N-ethyl adjacent to an activating group) is 1. The van der Waals surface area contributed by atoms with E-state index in [9.17, 15) is 9.90 Å². The van der Waals surface area contributed by atoms with E-state index < -0.39 is 12.2 Å². The molecule has 1 saturated heterocycles. The molecular formula is C18H19NO4. The number of methoxy groups -OCH3 is 1. The summed E-state index contributed by atoms with van der Waals surface area (Å²) < 4.78 is 11.6. The first-order chi connectivity index (χ1) is 11.1. The van der Waals surface area contributed by atoms with Gasteiger partial charge in [0.2, 0.25) is 0 Å². The third kappa shape index (κ3) is 1.35. The van der Waals surface area contributed by atoms with Crippen LogP contribution in [0.1, 0.15) is 23.7 Å². The van der Waals surface area contributed by atoms with Crippen LogP contribution in [0.3, 0.4) is 0 Å². The van der Waals surface area contributed by atoms with Crippen LogP contribution in [0.4, 0.5) is 0 Å². The quantitative estimate of drug-likeness (QED) is 0.844. The van der Waals surface area contributed by atoms with Gasteiger partial charge in [0.25, 0.3) is 0 Å². The van der Waals surface area contributed by atoms with Crippen molar-refractivity contribution in [2.45, 2.75) is 30.1 Å². The van der Waals surface area contributed by atoms with Gasteiger partial charge in [-0.1, -0.05) is 12.1 Å². The number of hydrogen-bond acceptors (Lipinski definition) is 5. The zero-order chi connectivity index (χ0) is 15.9. The lowest BCUT2D eigenvalue weighted by Gasteiger charge is -2.56. The first kappa shape index (κ1) is 13.6. The summed E-state index contributed by atoms with van der Waals surface area (Å²) in [5.74, 6) is 1.40. The molecule has 1 fully saturated rings. The second-order valence-corrected chi connectivity index (χ2v) is 7.05. The Hall–Kier alpha value is -1.85. The van der Waals surface area contributed by atoms with Gasteiger partial charge in [0.1, 0.15) is 0 Å². The molecular weight excluding hydrogens is 294 g/mol. The maximum absolute atomic E-state index is 12.6. The van der Waals surface area contributed by atoms with Gasteiger partial charge in [-0.15, -0.1) is 0 Å². The highest BCUT2D eigenvalue weighted by Crippen LogP contribution is 2.63. The molecule has 5 nitrogen and oxygen atoms in total. The zero-order valence-corrected chi connectivity index (χ0v) is 13.2. The van der Waals surface area contributed by atoms with Crippen LogP contribution in [-0.4, -0.2) is 48.6 Å². The Balaban J connectivity index is 1.87. The fraction of sp³-hybridized carbons (Fsp3) is 0.500. The lowest BCUT2D eigenvalue weighted by Crippen LogP contribution is -2.65. The van der Waals surface area contributed by atoms with Crippen LogP contribution in [-0.2, 0) is 10.2 Å². The highest BCUT2D eigenvalue weighted by atomic mass is 16.5. The number of aliphatic hydroxyl groups excluding tert-OH is 1. The lowest BCUT2D eigenvalue weighted by atomic mass is 9.53. The van der Waals surface area contributed by atoms with E-state index in [4.69, 9.17) is 9.47 Å². The second-order valence-electron chi connectivity index (χ2n) is 7.05. The smallest absolute Gasteiger partial charge is 0.196 e. The van der Waals surface area contributed by atoms with Gasteiger partial charge in [0, 0.05) is 17.5 Å². The minimum atomic E-state index is -0.585. The van der Waals surface area contributed by atoms with Crippen LogP contribution in [0, 0.1) is 5.92 Å². The molecule has 5 rings (SSSR count). The molecule has 1 unspecified atom stereocenters. The summed E-state index contributed by atoms with van der Waals surface area (Å²) >= 11 is 0. The predicted molar refractivity (Wildman–Crippen MR) is 82.7 cm³/mol. The Labute approximate surface area is 134 Å². The first-order valence-electron chi connectivity index (χ1n) is 8.08. The molecule has 23 heavy (non-hydrogen) atoms. The van der Waals surface area contributed by atoms with Crippen LogP contribution in [0.5, 0.6) is 11.5 Å². The molecule has 2 bridgehead atoms. The fourth-order valence-corrected chi connectivity index (χ4v) is 5.30. The molecule has 5 heteroatoms. The summed E-state index contributed by atoms with van der Waals surface area (Å²) in [4.78, 5) is 14.8. The summed E-state index contributed by atoms with van der Waals surface area (Å²) in [6, 6.07) is 3.74. The average molecular weight is 313 g/mol. The summed E-state index contributed by atoms with van der Waals surface area (Å²) in [5.41, 5.74) is 1.53. The number of aliphatic hydroxyl groups is 1. The number of ether oxygens (including phenoxy) is 2. The van der Waals surface area contributed by atoms with E-state index in [0.29, 0.717) is 11.5 Å². The molecule has 1 spiro atoms. The van der Waals surface area contributed by atoms with Gasteiger partial charge in [-0.2, -0.15) is 0 Å². The van der Waals surface area contributed by atoms with Crippen molar-refractivity contribution >= 4 is 5.78 Å². The summed E-state index contributed by atoms with van der Waals surface area (Å²) in [6.07, 6.45) is 3.40. The monoisotopic (exact) mass is 313 g/mol. The highest BCUT2D eigenvalue weighted by Gasteiger charge is 2.66. The van der Waals surface area contributed by atoms with Crippen molar-refractivity contribution in [2.24, 2.45) is 5.92 Å². The van der Waals surface area contributed by atoms with Crippen molar-refractivity contribution in [3.8, 4) is 11.5 Å². The Morgan fingerprint density at radius 1 is 1.43 bits per heavy atom. The van der Waals surface area contributed by atoms with Crippen LogP contribution >= 0.6 is 0 Å². The summed E-state index contributed by atoms with van der Waals surface area (Å²) in [7, 11) is 3.65. The van der Waals surface area contributed by atoms with Gasteiger partial charge in [0.05, 0.1) is 18.6 Å². The summed E-state index contributed by atoms with van der Waals surface area (Å²) in [5, 5.41) is 11.0. The highest BCUT2D eigenvalue weighted by molar-refractivity contribution is 5.98. The molecule has 0 radical (unpaired) electrons. The van der Waals surface area contributed by atoms with Gasteiger partial charge in [-0.25, -0.2) is 0 Å². The Morgan fingerprint density at radius 3 is 3.04 bits per heavy atom. The minimum Gasteiger partial charge on any atom is -0.493 e. The number of hydrogen-bond donors (Lipinski definition) is 1. The van der Waals surface area contributed by atoms with Crippen LogP contribution in [0.15, 0.2) is 24.3 Å².